The van der Waals surface area contributed by atoms with Gasteiger partial charge >= 0.3 is 0 Å². The fourth-order valence-corrected chi connectivity index (χ4v) is 3.24. The molecular formula is C16H24BrNO2. The molecule has 1 saturated carbocycles. The second-order valence-corrected chi connectivity index (χ2v) is 6.11. The van der Waals surface area contributed by atoms with E-state index >= 15 is 0 Å². The lowest BCUT2D eigenvalue weighted by Crippen LogP contribution is -2.20. The maximum absolute atomic E-state index is 6.20. The molecule has 0 spiro atoms. The van der Waals surface area contributed by atoms with Crippen LogP contribution < -0.4 is 15.2 Å². The van der Waals surface area contributed by atoms with Crippen LogP contribution in [0.3, 0.4) is 0 Å². The number of ether oxygens (including phenoxy) is 2. The lowest BCUT2D eigenvalue weighted by Gasteiger charge is -2.25. The minimum Gasteiger partial charge on any atom is -0.490 e. The predicted octanol–water partition coefficient (Wildman–Crippen LogP) is 4.06. The summed E-state index contributed by atoms with van der Waals surface area (Å²) in [4.78, 5) is 0. The number of benzene rings is 1. The average Bonchev–Trinajstić information content (AvgIpc) is 2.44. The summed E-state index contributed by atoms with van der Waals surface area (Å²) < 4.78 is 12.9. The third kappa shape index (κ3) is 4.13. The van der Waals surface area contributed by atoms with E-state index in [-0.39, 0.29) is 0 Å². The smallest absolute Gasteiger partial charge is 0.175 e. The first-order valence-corrected chi connectivity index (χ1v) is 8.35. The van der Waals surface area contributed by atoms with Crippen molar-refractivity contribution in [3.05, 3.63) is 22.2 Å². The highest BCUT2D eigenvalue weighted by atomic mass is 79.9. The van der Waals surface area contributed by atoms with Crippen LogP contribution in [-0.4, -0.2) is 19.3 Å². The van der Waals surface area contributed by atoms with Crippen molar-refractivity contribution in [3.8, 4) is 11.5 Å². The number of hydrogen-bond acceptors (Lipinski definition) is 3. The van der Waals surface area contributed by atoms with Gasteiger partial charge in [0.1, 0.15) is 0 Å². The van der Waals surface area contributed by atoms with E-state index in [0.29, 0.717) is 19.3 Å². The zero-order valence-electron chi connectivity index (χ0n) is 12.2. The standard InChI is InChI=1S/C16H24BrNO2/c1-2-19-15-11-12(8-9-18)10-14(17)16(15)20-13-6-4-3-5-7-13/h10-11,13H,2-9,18H2,1H3. The van der Waals surface area contributed by atoms with Crippen LogP contribution in [0.25, 0.3) is 0 Å². The molecule has 1 aromatic rings. The van der Waals surface area contributed by atoms with Gasteiger partial charge in [0.05, 0.1) is 17.2 Å². The van der Waals surface area contributed by atoms with Crippen molar-refractivity contribution < 1.29 is 9.47 Å². The summed E-state index contributed by atoms with van der Waals surface area (Å²) in [6, 6.07) is 4.15. The molecule has 0 heterocycles. The summed E-state index contributed by atoms with van der Waals surface area (Å²) >= 11 is 3.62. The van der Waals surface area contributed by atoms with E-state index in [1.54, 1.807) is 0 Å². The van der Waals surface area contributed by atoms with Crippen molar-refractivity contribution in [3.63, 3.8) is 0 Å². The van der Waals surface area contributed by atoms with Gasteiger partial charge in [0.25, 0.3) is 0 Å². The SMILES string of the molecule is CCOc1cc(CCN)cc(Br)c1OC1CCCCC1. The maximum atomic E-state index is 6.20. The number of halogens is 1. The molecular weight excluding hydrogens is 318 g/mol. The van der Waals surface area contributed by atoms with Crippen molar-refractivity contribution in [1.82, 2.24) is 0 Å². The van der Waals surface area contributed by atoms with Gasteiger partial charge in [0.2, 0.25) is 0 Å². The Kier molecular flexibility index (Phi) is 6.17. The summed E-state index contributed by atoms with van der Waals surface area (Å²) in [6.45, 7) is 3.27. The van der Waals surface area contributed by atoms with E-state index in [1.165, 1.54) is 24.8 Å². The molecule has 2 rings (SSSR count). The molecule has 1 aromatic carbocycles. The molecule has 4 heteroatoms. The normalized spacial score (nSPS) is 16.1. The van der Waals surface area contributed by atoms with E-state index in [9.17, 15) is 0 Å². The van der Waals surface area contributed by atoms with Crippen molar-refractivity contribution in [2.75, 3.05) is 13.2 Å². The van der Waals surface area contributed by atoms with Crippen molar-refractivity contribution in [1.29, 1.82) is 0 Å². The number of nitrogens with two attached hydrogens (primary N) is 1. The Balaban J connectivity index is 2.19. The van der Waals surface area contributed by atoms with E-state index in [1.807, 2.05) is 6.92 Å². The monoisotopic (exact) mass is 341 g/mol. The Bertz CT molecular complexity index is 431. The zero-order chi connectivity index (χ0) is 14.4. The third-order valence-corrected chi connectivity index (χ3v) is 4.23. The van der Waals surface area contributed by atoms with E-state index in [0.717, 1.165) is 35.2 Å². The average molecular weight is 342 g/mol. The summed E-state index contributed by atoms with van der Waals surface area (Å²) in [5.41, 5.74) is 6.81. The van der Waals surface area contributed by atoms with Crippen LogP contribution in [0.2, 0.25) is 0 Å². The first kappa shape index (κ1) is 15.6. The first-order chi connectivity index (χ1) is 9.74. The molecule has 0 amide bonds. The Morgan fingerprint density at radius 2 is 2.00 bits per heavy atom. The van der Waals surface area contributed by atoms with Crippen LogP contribution in [0.1, 0.15) is 44.6 Å². The van der Waals surface area contributed by atoms with E-state index in [4.69, 9.17) is 15.2 Å². The van der Waals surface area contributed by atoms with Crippen LogP contribution in [-0.2, 0) is 6.42 Å². The van der Waals surface area contributed by atoms with E-state index in [2.05, 4.69) is 28.1 Å². The molecule has 0 aliphatic heterocycles. The first-order valence-electron chi connectivity index (χ1n) is 7.56. The van der Waals surface area contributed by atoms with Crippen LogP contribution in [0.5, 0.6) is 11.5 Å². The Morgan fingerprint density at radius 3 is 2.65 bits per heavy atom. The molecule has 1 fully saturated rings. The lowest BCUT2D eigenvalue weighted by atomic mass is 9.98. The van der Waals surface area contributed by atoms with Crippen LogP contribution in [0.4, 0.5) is 0 Å². The van der Waals surface area contributed by atoms with Gasteiger partial charge in [-0.05, 0) is 79.2 Å². The van der Waals surface area contributed by atoms with Crippen molar-refractivity contribution in [2.45, 2.75) is 51.6 Å². The van der Waals surface area contributed by atoms with Crippen LogP contribution in [0, 0.1) is 0 Å². The van der Waals surface area contributed by atoms with E-state index < -0.39 is 0 Å². The highest BCUT2D eigenvalue weighted by Crippen LogP contribution is 2.39. The third-order valence-electron chi connectivity index (χ3n) is 3.64. The fraction of sp³-hybridized carbons (Fsp3) is 0.625. The minimum atomic E-state index is 0.319. The Labute approximate surface area is 130 Å². The second kappa shape index (κ2) is 7.89. The quantitative estimate of drug-likeness (QED) is 0.848. The Hall–Kier alpha value is -0.740. The molecule has 3 nitrogen and oxygen atoms in total. The largest absolute Gasteiger partial charge is 0.490 e. The predicted molar refractivity (Wildman–Crippen MR) is 85.6 cm³/mol. The molecule has 0 bridgehead atoms. The van der Waals surface area contributed by atoms with Gasteiger partial charge in [0, 0.05) is 0 Å². The molecule has 0 atom stereocenters. The lowest BCUT2D eigenvalue weighted by molar-refractivity contribution is 0.146. The summed E-state index contributed by atoms with van der Waals surface area (Å²) in [6.07, 6.45) is 7.30. The summed E-state index contributed by atoms with van der Waals surface area (Å²) in [7, 11) is 0. The molecule has 0 aromatic heterocycles. The minimum absolute atomic E-state index is 0.319. The molecule has 112 valence electrons. The maximum Gasteiger partial charge on any atom is 0.175 e. The number of rotatable bonds is 6. The zero-order valence-corrected chi connectivity index (χ0v) is 13.7. The molecule has 20 heavy (non-hydrogen) atoms. The highest BCUT2D eigenvalue weighted by molar-refractivity contribution is 9.10. The molecule has 0 saturated heterocycles. The molecule has 0 radical (unpaired) electrons. The summed E-state index contributed by atoms with van der Waals surface area (Å²) in [5.74, 6) is 1.68. The van der Waals surface area contributed by atoms with Gasteiger partial charge in [-0.15, -0.1) is 0 Å². The topological polar surface area (TPSA) is 44.5 Å². The van der Waals surface area contributed by atoms with Crippen LogP contribution >= 0.6 is 15.9 Å². The molecule has 0 unspecified atom stereocenters. The van der Waals surface area contributed by atoms with Gasteiger partial charge < -0.3 is 15.2 Å². The summed E-state index contributed by atoms with van der Waals surface area (Å²) in [5, 5.41) is 0. The molecule has 1 aliphatic rings. The molecule has 2 N–H and O–H groups in total. The second-order valence-electron chi connectivity index (χ2n) is 5.25. The molecule has 1 aliphatic carbocycles. The fourth-order valence-electron chi connectivity index (χ4n) is 2.66. The van der Waals surface area contributed by atoms with Crippen molar-refractivity contribution >= 4 is 15.9 Å². The van der Waals surface area contributed by atoms with Gasteiger partial charge in [-0.1, -0.05) is 6.42 Å². The van der Waals surface area contributed by atoms with Crippen molar-refractivity contribution in [2.24, 2.45) is 5.73 Å². The number of hydrogen-bond donors (Lipinski definition) is 1. The van der Waals surface area contributed by atoms with Gasteiger partial charge in [-0.2, -0.15) is 0 Å². The van der Waals surface area contributed by atoms with Gasteiger partial charge in [-0.25, -0.2) is 0 Å². The van der Waals surface area contributed by atoms with Gasteiger partial charge in [0.15, 0.2) is 11.5 Å². The van der Waals surface area contributed by atoms with Crippen LogP contribution in [0.15, 0.2) is 16.6 Å². The van der Waals surface area contributed by atoms with Gasteiger partial charge in [-0.3, -0.25) is 0 Å². The highest BCUT2D eigenvalue weighted by Gasteiger charge is 2.19. The Morgan fingerprint density at radius 1 is 1.25 bits per heavy atom.